The minimum absolute atomic E-state index is 0.125. The molecule has 0 bridgehead atoms. The highest BCUT2D eigenvalue weighted by Gasteiger charge is 2.09. The maximum Gasteiger partial charge on any atom is 0.324 e. The van der Waals surface area contributed by atoms with Crippen LogP contribution in [0, 0.1) is 21.4 Å². The average Bonchev–Trinajstić information content (AvgIpc) is 2.85. The van der Waals surface area contributed by atoms with Gasteiger partial charge < -0.3 is 5.32 Å². The SMILES string of the molecule is N#Cc1ccccc1NCc1csc([N+](=O)[O-])c1. The van der Waals surface area contributed by atoms with Crippen molar-refractivity contribution in [3.05, 3.63) is 57.0 Å². The molecule has 1 aromatic carbocycles. The summed E-state index contributed by atoms with van der Waals surface area (Å²) in [7, 11) is 0. The molecule has 0 spiro atoms. The molecule has 5 nitrogen and oxygen atoms in total. The number of rotatable bonds is 4. The van der Waals surface area contributed by atoms with Gasteiger partial charge in [0.15, 0.2) is 0 Å². The molecule has 0 saturated heterocycles. The van der Waals surface area contributed by atoms with E-state index in [9.17, 15) is 10.1 Å². The smallest absolute Gasteiger partial charge is 0.324 e. The van der Waals surface area contributed by atoms with Crippen molar-refractivity contribution >= 4 is 22.0 Å². The van der Waals surface area contributed by atoms with E-state index >= 15 is 0 Å². The van der Waals surface area contributed by atoms with Crippen molar-refractivity contribution in [2.75, 3.05) is 5.32 Å². The van der Waals surface area contributed by atoms with Crippen LogP contribution in [0.5, 0.6) is 0 Å². The van der Waals surface area contributed by atoms with E-state index in [1.54, 1.807) is 23.6 Å². The van der Waals surface area contributed by atoms with Crippen LogP contribution in [0.15, 0.2) is 35.7 Å². The number of nitrogens with one attached hydrogen (secondary N) is 1. The Labute approximate surface area is 107 Å². The second-order valence-electron chi connectivity index (χ2n) is 3.56. The number of hydrogen-bond donors (Lipinski definition) is 1. The minimum atomic E-state index is -0.405. The summed E-state index contributed by atoms with van der Waals surface area (Å²) in [6, 6.07) is 10.8. The van der Waals surface area contributed by atoms with E-state index in [4.69, 9.17) is 5.26 Å². The van der Waals surface area contributed by atoms with Gasteiger partial charge in [0.05, 0.1) is 16.2 Å². The highest BCUT2D eigenvalue weighted by atomic mass is 32.1. The molecule has 0 atom stereocenters. The van der Waals surface area contributed by atoms with E-state index in [-0.39, 0.29) is 5.00 Å². The van der Waals surface area contributed by atoms with E-state index in [0.717, 1.165) is 22.6 Å². The maximum absolute atomic E-state index is 10.5. The molecule has 0 amide bonds. The first kappa shape index (κ1) is 12.1. The molecule has 0 saturated carbocycles. The number of nitrogens with zero attached hydrogens (tertiary/aromatic N) is 2. The number of para-hydroxylation sites is 1. The number of nitro groups is 1. The Hall–Kier alpha value is -2.39. The number of thiophene rings is 1. The van der Waals surface area contributed by atoms with Crippen molar-refractivity contribution < 1.29 is 4.92 Å². The van der Waals surface area contributed by atoms with Gasteiger partial charge in [-0.2, -0.15) is 5.26 Å². The van der Waals surface area contributed by atoms with Gasteiger partial charge >= 0.3 is 5.00 Å². The predicted molar refractivity (Wildman–Crippen MR) is 69.5 cm³/mol. The Balaban J connectivity index is 2.07. The van der Waals surface area contributed by atoms with Gasteiger partial charge in [-0.3, -0.25) is 10.1 Å². The van der Waals surface area contributed by atoms with Crippen LogP contribution in [0.25, 0.3) is 0 Å². The molecule has 1 N–H and O–H groups in total. The maximum atomic E-state index is 10.5. The largest absolute Gasteiger partial charge is 0.380 e. The van der Waals surface area contributed by atoms with Crippen LogP contribution in [0.1, 0.15) is 11.1 Å². The van der Waals surface area contributed by atoms with E-state index in [1.165, 1.54) is 6.07 Å². The van der Waals surface area contributed by atoms with Gasteiger partial charge in [-0.25, -0.2) is 0 Å². The van der Waals surface area contributed by atoms with Crippen LogP contribution in [-0.2, 0) is 6.54 Å². The van der Waals surface area contributed by atoms with Crippen LogP contribution in [0.3, 0.4) is 0 Å². The van der Waals surface area contributed by atoms with E-state index in [1.807, 2.05) is 6.07 Å². The summed E-state index contributed by atoms with van der Waals surface area (Å²) < 4.78 is 0. The standard InChI is InChI=1S/C12H9N3O2S/c13-6-10-3-1-2-4-11(10)14-7-9-5-12(15(16)17)18-8-9/h1-5,8,14H,7H2. The van der Waals surface area contributed by atoms with E-state index in [2.05, 4.69) is 11.4 Å². The summed E-state index contributed by atoms with van der Waals surface area (Å²) in [4.78, 5) is 10.1. The minimum Gasteiger partial charge on any atom is -0.380 e. The molecule has 90 valence electrons. The van der Waals surface area contributed by atoms with Crippen molar-refractivity contribution in [3.63, 3.8) is 0 Å². The van der Waals surface area contributed by atoms with Crippen molar-refractivity contribution in [1.82, 2.24) is 0 Å². The van der Waals surface area contributed by atoms with Gasteiger partial charge in [0.1, 0.15) is 6.07 Å². The molecule has 1 aromatic heterocycles. The predicted octanol–water partition coefficient (Wildman–Crippen LogP) is 3.14. The Bertz CT molecular complexity index is 616. The summed E-state index contributed by atoms with van der Waals surface area (Å²) in [5.41, 5.74) is 2.12. The fourth-order valence-corrected chi connectivity index (χ4v) is 2.21. The zero-order chi connectivity index (χ0) is 13.0. The van der Waals surface area contributed by atoms with Gasteiger partial charge in [-0.15, -0.1) is 0 Å². The van der Waals surface area contributed by atoms with Gasteiger partial charge in [0.2, 0.25) is 0 Å². The molecule has 0 unspecified atom stereocenters. The molecule has 2 rings (SSSR count). The first-order valence-corrected chi connectivity index (χ1v) is 6.03. The molecule has 0 aliphatic carbocycles. The highest BCUT2D eigenvalue weighted by Crippen LogP contribution is 2.23. The second-order valence-corrected chi connectivity index (χ2v) is 4.45. The Morgan fingerprint density at radius 2 is 2.22 bits per heavy atom. The van der Waals surface area contributed by atoms with Crippen molar-refractivity contribution in [3.8, 4) is 6.07 Å². The third-order valence-corrected chi connectivity index (χ3v) is 3.28. The summed E-state index contributed by atoms with van der Waals surface area (Å²) in [6.07, 6.45) is 0. The number of anilines is 1. The lowest BCUT2D eigenvalue weighted by atomic mass is 10.2. The lowest BCUT2D eigenvalue weighted by molar-refractivity contribution is -0.380. The first-order chi connectivity index (χ1) is 8.70. The molecule has 0 fully saturated rings. The van der Waals surface area contributed by atoms with E-state index < -0.39 is 4.92 Å². The zero-order valence-corrected chi connectivity index (χ0v) is 10.1. The molecular weight excluding hydrogens is 250 g/mol. The molecular formula is C12H9N3O2S. The first-order valence-electron chi connectivity index (χ1n) is 5.15. The monoisotopic (exact) mass is 259 g/mol. The summed E-state index contributed by atoms with van der Waals surface area (Å²) in [5, 5.41) is 24.4. The van der Waals surface area contributed by atoms with Crippen LogP contribution in [-0.4, -0.2) is 4.92 Å². The van der Waals surface area contributed by atoms with Crippen molar-refractivity contribution in [1.29, 1.82) is 5.26 Å². The topological polar surface area (TPSA) is 79.0 Å². The number of benzene rings is 1. The van der Waals surface area contributed by atoms with Crippen LogP contribution in [0.2, 0.25) is 0 Å². The van der Waals surface area contributed by atoms with Crippen molar-refractivity contribution in [2.45, 2.75) is 6.54 Å². The lowest BCUT2D eigenvalue weighted by Gasteiger charge is -2.05. The third-order valence-electron chi connectivity index (χ3n) is 2.35. The fourth-order valence-electron chi connectivity index (χ4n) is 1.48. The zero-order valence-electron chi connectivity index (χ0n) is 9.29. The molecule has 6 heteroatoms. The normalized spacial score (nSPS) is 9.72. The van der Waals surface area contributed by atoms with Crippen LogP contribution >= 0.6 is 11.3 Å². The third kappa shape index (κ3) is 2.64. The summed E-state index contributed by atoms with van der Waals surface area (Å²) in [6.45, 7) is 0.461. The van der Waals surface area contributed by atoms with Gasteiger partial charge in [-0.1, -0.05) is 23.5 Å². The molecule has 1 heterocycles. The average molecular weight is 259 g/mol. The van der Waals surface area contributed by atoms with Crippen LogP contribution in [0.4, 0.5) is 10.7 Å². The molecule has 0 radical (unpaired) electrons. The highest BCUT2D eigenvalue weighted by molar-refractivity contribution is 7.13. The fraction of sp³-hybridized carbons (Fsp3) is 0.0833. The molecule has 0 aliphatic rings. The summed E-state index contributed by atoms with van der Waals surface area (Å²) in [5.74, 6) is 0. The quantitative estimate of drug-likeness (QED) is 0.675. The lowest BCUT2D eigenvalue weighted by Crippen LogP contribution is -1.99. The molecule has 0 aliphatic heterocycles. The van der Waals surface area contributed by atoms with Crippen molar-refractivity contribution in [2.24, 2.45) is 0 Å². The number of hydrogen-bond acceptors (Lipinski definition) is 5. The molecule has 2 aromatic rings. The van der Waals surface area contributed by atoms with E-state index in [0.29, 0.717) is 12.1 Å². The van der Waals surface area contributed by atoms with Gasteiger partial charge in [0.25, 0.3) is 0 Å². The second kappa shape index (κ2) is 5.29. The van der Waals surface area contributed by atoms with Crippen LogP contribution < -0.4 is 5.32 Å². The van der Waals surface area contributed by atoms with Gasteiger partial charge in [0, 0.05) is 18.0 Å². The molecule has 18 heavy (non-hydrogen) atoms. The Morgan fingerprint density at radius 1 is 1.44 bits per heavy atom. The Morgan fingerprint density at radius 3 is 2.89 bits per heavy atom. The van der Waals surface area contributed by atoms with Gasteiger partial charge in [-0.05, 0) is 17.7 Å². The summed E-state index contributed by atoms with van der Waals surface area (Å²) >= 11 is 1.10. The Kier molecular flexibility index (Phi) is 3.55. The number of nitriles is 1.